The maximum absolute atomic E-state index is 13.0. The maximum atomic E-state index is 13.0. The second-order valence-corrected chi connectivity index (χ2v) is 5.87. The van der Waals surface area contributed by atoms with E-state index >= 15 is 0 Å². The smallest absolute Gasteiger partial charge is 0.124 e. The van der Waals surface area contributed by atoms with Crippen molar-refractivity contribution in [3.8, 4) is 0 Å². The number of nitrogens with one attached hydrogen (secondary N) is 1. The summed E-state index contributed by atoms with van der Waals surface area (Å²) >= 11 is 2.15. The van der Waals surface area contributed by atoms with Gasteiger partial charge in [-0.1, -0.05) is 32.8 Å². The van der Waals surface area contributed by atoms with Gasteiger partial charge in [-0.3, -0.25) is 11.3 Å². The van der Waals surface area contributed by atoms with Gasteiger partial charge in [0.2, 0.25) is 0 Å². The van der Waals surface area contributed by atoms with Gasteiger partial charge < -0.3 is 0 Å². The number of benzene rings is 1. The second kappa shape index (κ2) is 7.28. The highest BCUT2D eigenvalue weighted by molar-refractivity contribution is 14.1. The molecule has 0 aliphatic heterocycles. The lowest BCUT2D eigenvalue weighted by atomic mass is 9.98. The molecule has 2 nitrogen and oxygen atoms in total. The highest BCUT2D eigenvalue weighted by Gasteiger charge is 2.13. The summed E-state index contributed by atoms with van der Waals surface area (Å²) in [5.74, 6) is 6.09. The van der Waals surface area contributed by atoms with Crippen LogP contribution in [0, 0.1) is 15.3 Å². The van der Waals surface area contributed by atoms with Gasteiger partial charge in [-0.25, -0.2) is 4.39 Å². The molecule has 1 unspecified atom stereocenters. The molecule has 3 N–H and O–H groups in total. The summed E-state index contributed by atoms with van der Waals surface area (Å²) < 4.78 is 13.9. The maximum Gasteiger partial charge on any atom is 0.124 e. The minimum Gasteiger partial charge on any atom is -0.271 e. The van der Waals surface area contributed by atoms with E-state index in [-0.39, 0.29) is 11.9 Å². The summed E-state index contributed by atoms with van der Waals surface area (Å²) in [4.78, 5) is 0. The zero-order valence-corrected chi connectivity index (χ0v) is 12.5. The van der Waals surface area contributed by atoms with Crippen molar-refractivity contribution in [1.29, 1.82) is 0 Å². The van der Waals surface area contributed by atoms with Gasteiger partial charge in [-0.05, 0) is 52.6 Å². The first-order valence-corrected chi connectivity index (χ1v) is 7.03. The third-order valence-electron chi connectivity index (χ3n) is 2.81. The zero-order chi connectivity index (χ0) is 12.8. The van der Waals surface area contributed by atoms with Crippen molar-refractivity contribution in [3.05, 3.63) is 33.1 Å². The van der Waals surface area contributed by atoms with E-state index in [0.717, 1.165) is 22.0 Å². The fourth-order valence-corrected chi connectivity index (χ4v) is 2.70. The topological polar surface area (TPSA) is 38.0 Å². The number of hydrazine groups is 1. The van der Waals surface area contributed by atoms with Crippen molar-refractivity contribution >= 4 is 22.6 Å². The van der Waals surface area contributed by atoms with Crippen LogP contribution >= 0.6 is 22.6 Å². The fraction of sp³-hybridized carbons (Fsp3) is 0.538. The Morgan fingerprint density at radius 3 is 2.59 bits per heavy atom. The molecular formula is C13H20FIN2. The molecule has 0 aromatic heterocycles. The molecule has 4 heteroatoms. The molecule has 0 bridgehead atoms. The molecule has 1 rings (SSSR count). The Morgan fingerprint density at radius 2 is 2.06 bits per heavy atom. The van der Waals surface area contributed by atoms with Gasteiger partial charge in [-0.15, -0.1) is 0 Å². The molecule has 0 aliphatic carbocycles. The summed E-state index contributed by atoms with van der Waals surface area (Å²) in [6.07, 6.45) is 3.30. The molecule has 0 heterocycles. The molecule has 0 spiro atoms. The number of hydrogen-bond donors (Lipinski definition) is 2. The predicted octanol–water partition coefficient (Wildman–Crippen LogP) is 3.76. The van der Waals surface area contributed by atoms with Crippen LogP contribution in [0.3, 0.4) is 0 Å². The Hall–Kier alpha value is -0.200. The van der Waals surface area contributed by atoms with Crippen LogP contribution in [0.4, 0.5) is 4.39 Å². The van der Waals surface area contributed by atoms with Crippen LogP contribution in [0.25, 0.3) is 0 Å². The van der Waals surface area contributed by atoms with Gasteiger partial charge in [0.25, 0.3) is 0 Å². The highest BCUT2D eigenvalue weighted by Crippen LogP contribution is 2.25. The van der Waals surface area contributed by atoms with E-state index in [1.165, 1.54) is 12.5 Å². The van der Waals surface area contributed by atoms with Crippen molar-refractivity contribution in [2.75, 3.05) is 0 Å². The fourth-order valence-electron chi connectivity index (χ4n) is 1.84. The van der Waals surface area contributed by atoms with Gasteiger partial charge in [0.15, 0.2) is 0 Å². The van der Waals surface area contributed by atoms with Crippen LogP contribution in [0.1, 0.15) is 44.7 Å². The van der Waals surface area contributed by atoms with E-state index in [4.69, 9.17) is 5.84 Å². The molecule has 0 amide bonds. The van der Waals surface area contributed by atoms with E-state index in [1.807, 2.05) is 6.07 Å². The van der Waals surface area contributed by atoms with E-state index in [0.29, 0.717) is 5.92 Å². The summed E-state index contributed by atoms with van der Waals surface area (Å²) in [5.41, 5.74) is 3.91. The summed E-state index contributed by atoms with van der Waals surface area (Å²) in [7, 11) is 0. The van der Waals surface area contributed by atoms with Gasteiger partial charge >= 0.3 is 0 Å². The average molecular weight is 350 g/mol. The van der Waals surface area contributed by atoms with E-state index in [1.54, 1.807) is 6.07 Å². The Kier molecular flexibility index (Phi) is 6.37. The molecule has 0 saturated carbocycles. The van der Waals surface area contributed by atoms with Crippen LogP contribution < -0.4 is 11.3 Å². The molecule has 1 aromatic carbocycles. The summed E-state index contributed by atoms with van der Waals surface area (Å²) in [5, 5.41) is 0. The van der Waals surface area contributed by atoms with Crippen LogP contribution in [0.5, 0.6) is 0 Å². The number of nitrogens with two attached hydrogens (primary N) is 1. The van der Waals surface area contributed by atoms with Crippen LogP contribution in [-0.2, 0) is 0 Å². The van der Waals surface area contributed by atoms with Crippen LogP contribution in [0.2, 0.25) is 0 Å². The Labute approximate surface area is 116 Å². The third kappa shape index (κ3) is 4.89. The van der Waals surface area contributed by atoms with Gasteiger partial charge in [0, 0.05) is 9.61 Å². The normalized spacial score (nSPS) is 13.1. The van der Waals surface area contributed by atoms with Crippen LogP contribution in [0.15, 0.2) is 18.2 Å². The standard InChI is InChI=1S/C13H20FIN2/c1-9(2)4-3-5-13(17-16)11-7-6-10(14)8-12(11)15/h6-9,13,17H,3-5,16H2,1-2H3. The quantitative estimate of drug-likeness (QED) is 0.466. The van der Waals surface area contributed by atoms with Crippen molar-refractivity contribution < 1.29 is 4.39 Å². The van der Waals surface area contributed by atoms with Crippen molar-refractivity contribution in [3.63, 3.8) is 0 Å². The van der Waals surface area contributed by atoms with Crippen molar-refractivity contribution in [1.82, 2.24) is 5.43 Å². The average Bonchev–Trinajstić information content (AvgIpc) is 2.25. The third-order valence-corrected chi connectivity index (χ3v) is 3.75. The van der Waals surface area contributed by atoms with E-state index in [9.17, 15) is 4.39 Å². The number of rotatable bonds is 6. The largest absolute Gasteiger partial charge is 0.271 e. The molecule has 0 radical (unpaired) electrons. The number of halogens is 2. The molecule has 0 saturated heterocycles. The lowest BCUT2D eigenvalue weighted by Gasteiger charge is -2.18. The van der Waals surface area contributed by atoms with Crippen LogP contribution in [-0.4, -0.2) is 0 Å². The predicted molar refractivity (Wildman–Crippen MR) is 77.9 cm³/mol. The zero-order valence-electron chi connectivity index (χ0n) is 10.3. The second-order valence-electron chi connectivity index (χ2n) is 4.71. The lowest BCUT2D eigenvalue weighted by Crippen LogP contribution is -2.28. The Morgan fingerprint density at radius 1 is 1.35 bits per heavy atom. The Bertz CT molecular complexity index is 355. The minimum atomic E-state index is -0.198. The molecule has 0 fully saturated rings. The van der Waals surface area contributed by atoms with E-state index < -0.39 is 0 Å². The lowest BCUT2D eigenvalue weighted by molar-refractivity contribution is 0.453. The molecule has 96 valence electrons. The molecule has 1 aromatic rings. The summed E-state index contributed by atoms with van der Waals surface area (Å²) in [6, 6.07) is 4.96. The van der Waals surface area contributed by atoms with Gasteiger partial charge in [0.1, 0.15) is 5.82 Å². The molecule has 17 heavy (non-hydrogen) atoms. The molecule has 0 aliphatic rings. The van der Waals surface area contributed by atoms with Crippen molar-refractivity contribution in [2.45, 2.75) is 39.2 Å². The van der Waals surface area contributed by atoms with Gasteiger partial charge in [0.05, 0.1) is 0 Å². The Balaban J connectivity index is 2.66. The monoisotopic (exact) mass is 350 g/mol. The molecule has 1 atom stereocenters. The van der Waals surface area contributed by atoms with Crippen molar-refractivity contribution in [2.24, 2.45) is 11.8 Å². The first-order chi connectivity index (χ1) is 8.04. The number of hydrogen-bond acceptors (Lipinski definition) is 2. The molecular weight excluding hydrogens is 330 g/mol. The van der Waals surface area contributed by atoms with Gasteiger partial charge in [-0.2, -0.15) is 0 Å². The minimum absolute atomic E-state index is 0.112. The first kappa shape index (κ1) is 14.9. The highest BCUT2D eigenvalue weighted by atomic mass is 127. The van der Waals surface area contributed by atoms with E-state index in [2.05, 4.69) is 41.9 Å². The first-order valence-electron chi connectivity index (χ1n) is 5.95. The SMILES string of the molecule is CC(C)CCCC(NN)c1ccc(F)cc1I. The summed E-state index contributed by atoms with van der Waals surface area (Å²) in [6.45, 7) is 4.43.